The van der Waals surface area contributed by atoms with Gasteiger partial charge in [-0.1, -0.05) is 45.0 Å². The highest BCUT2D eigenvalue weighted by molar-refractivity contribution is 5.85. The van der Waals surface area contributed by atoms with Gasteiger partial charge in [0.05, 0.1) is 6.04 Å². The molecule has 0 heterocycles. The molecule has 140 valence electrons. The standard InChI is InChI=1S/C18H31N3O.2ClH/c1-13(2)21(6)12-15-9-7-8-14(10-15)11-20-17(22)16(19)18(3,4)5;;/h7-10,13,16H,11-12,19H2,1-6H3,(H,20,22);2*1H/t16-;;/m1../s1. The summed E-state index contributed by atoms with van der Waals surface area (Å²) >= 11 is 0. The lowest BCUT2D eigenvalue weighted by molar-refractivity contribution is -0.124. The lowest BCUT2D eigenvalue weighted by Gasteiger charge is -2.26. The molecule has 0 saturated carbocycles. The summed E-state index contributed by atoms with van der Waals surface area (Å²) < 4.78 is 0. The molecule has 1 rings (SSSR count). The number of hydrogen-bond donors (Lipinski definition) is 2. The van der Waals surface area contributed by atoms with Gasteiger partial charge in [-0.05, 0) is 37.4 Å². The summed E-state index contributed by atoms with van der Waals surface area (Å²) in [6.45, 7) is 11.7. The molecular formula is C18H33Cl2N3O. The number of amides is 1. The Morgan fingerprint density at radius 1 is 1.21 bits per heavy atom. The Morgan fingerprint density at radius 3 is 2.25 bits per heavy atom. The molecule has 0 aliphatic rings. The van der Waals surface area contributed by atoms with Crippen molar-refractivity contribution < 1.29 is 4.79 Å². The number of nitrogens with zero attached hydrogens (tertiary/aromatic N) is 1. The summed E-state index contributed by atoms with van der Waals surface area (Å²) in [5, 5.41) is 2.93. The molecule has 0 radical (unpaired) electrons. The van der Waals surface area contributed by atoms with Crippen molar-refractivity contribution in [3.63, 3.8) is 0 Å². The summed E-state index contributed by atoms with van der Waals surface area (Å²) in [5.41, 5.74) is 8.09. The van der Waals surface area contributed by atoms with Gasteiger partial charge >= 0.3 is 0 Å². The first kappa shape index (κ1) is 25.4. The first-order valence-electron chi connectivity index (χ1n) is 7.92. The van der Waals surface area contributed by atoms with Crippen molar-refractivity contribution in [3.8, 4) is 0 Å². The van der Waals surface area contributed by atoms with Crippen LogP contribution >= 0.6 is 24.8 Å². The van der Waals surface area contributed by atoms with Gasteiger partial charge in [0.2, 0.25) is 5.91 Å². The number of rotatable bonds is 6. The van der Waals surface area contributed by atoms with Crippen LogP contribution in [0.5, 0.6) is 0 Å². The Labute approximate surface area is 159 Å². The molecule has 4 nitrogen and oxygen atoms in total. The molecule has 24 heavy (non-hydrogen) atoms. The van der Waals surface area contributed by atoms with Crippen LogP contribution in [0, 0.1) is 5.41 Å². The van der Waals surface area contributed by atoms with Gasteiger partial charge in [-0.3, -0.25) is 9.69 Å². The molecule has 0 fully saturated rings. The Kier molecular flexibility index (Phi) is 11.6. The molecule has 1 amide bonds. The molecule has 0 unspecified atom stereocenters. The number of nitrogens with two attached hydrogens (primary N) is 1. The average Bonchev–Trinajstić information content (AvgIpc) is 2.43. The molecule has 0 saturated heterocycles. The third-order valence-electron chi connectivity index (χ3n) is 3.99. The minimum Gasteiger partial charge on any atom is -0.351 e. The normalized spacial score (nSPS) is 12.4. The van der Waals surface area contributed by atoms with E-state index in [4.69, 9.17) is 5.73 Å². The van der Waals surface area contributed by atoms with E-state index < -0.39 is 6.04 Å². The molecular weight excluding hydrogens is 345 g/mol. The molecule has 0 aliphatic carbocycles. The topological polar surface area (TPSA) is 58.4 Å². The third kappa shape index (κ3) is 8.34. The summed E-state index contributed by atoms with van der Waals surface area (Å²) in [6.07, 6.45) is 0. The maximum atomic E-state index is 12.1. The van der Waals surface area contributed by atoms with E-state index in [1.807, 2.05) is 32.9 Å². The highest BCUT2D eigenvalue weighted by Crippen LogP contribution is 2.17. The molecule has 0 bridgehead atoms. The number of carbonyl (C=O) groups excluding carboxylic acids is 1. The van der Waals surface area contributed by atoms with Crippen molar-refractivity contribution in [2.75, 3.05) is 7.05 Å². The quantitative estimate of drug-likeness (QED) is 0.798. The summed E-state index contributed by atoms with van der Waals surface area (Å²) in [6, 6.07) is 8.33. The van der Waals surface area contributed by atoms with E-state index in [0.717, 1.165) is 12.1 Å². The fraction of sp³-hybridized carbons (Fsp3) is 0.611. The minimum atomic E-state index is -0.497. The van der Waals surface area contributed by atoms with E-state index in [9.17, 15) is 4.79 Å². The van der Waals surface area contributed by atoms with E-state index in [1.54, 1.807) is 0 Å². The number of nitrogens with one attached hydrogen (secondary N) is 1. The van der Waals surface area contributed by atoms with Gasteiger partial charge in [0.1, 0.15) is 0 Å². The van der Waals surface area contributed by atoms with Gasteiger partial charge in [0, 0.05) is 19.1 Å². The van der Waals surface area contributed by atoms with Crippen LogP contribution < -0.4 is 11.1 Å². The van der Waals surface area contributed by atoms with E-state index in [-0.39, 0.29) is 36.1 Å². The SMILES string of the molecule is CC(C)N(C)Cc1cccc(CNC(=O)[C@@H](N)C(C)(C)C)c1.Cl.Cl. The number of carbonyl (C=O) groups is 1. The minimum absolute atomic E-state index is 0. The lowest BCUT2D eigenvalue weighted by atomic mass is 9.87. The van der Waals surface area contributed by atoms with Crippen LogP contribution in [0.3, 0.4) is 0 Å². The van der Waals surface area contributed by atoms with Gasteiger partial charge in [-0.25, -0.2) is 0 Å². The number of hydrogen-bond acceptors (Lipinski definition) is 3. The van der Waals surface area contributed by atoms with Crippen LogP contribution in [0.15, 0.2) is 24.3 Å². The lowest BCUT2D eigenvalue weighted by Crippen LogP contribution is -2.48. The van der Waals surface area contributed by atoms with Crippen LogP contribution in [0.2, 0.25) is 0 Å². The number of benzene rings is 1. The highest BCUT2D eigenvalue weighted by Gasteiger charge is 2.27. The van der Waals surface area contributed by atoms with Crippen molar-refractivity contribution in [2.24, 2.45) is 11.1 Å². The van der Waals surface area contributed by atoms with E-state index in [2.05, 4.69) is 43.2 Å². The Bertz CT molecular complexity index is 501. The summed E-state index contributed by atoms with van der Waals surface area (Å²) in [4.78, 5) is 14.4. The molecule has 0 aliphatic heterocycles. The predicted molar refractivity (Wildman–Crippen MR) is 107 cm³/mol. The van der Waals surface area contributed by atoms with Crippen molar-refractivity contribution in [1.82, 2.24) is 10.2 Å². The van der Waals surface area contributed by atoms with Crippen LogP contribution in [-0.2, 0) is 17.9 Å². The highest BCUT2D eigenvalue weighted by atomic mass is 35.5. The number of halogens is 2. The Balaban J connectivity index is 0. The Morgan fingerprint density at radius 2 is 1.75 bits per heavy atom. The zero-order valence-electron chi connectivity index (χ0n) is 15.6. The molecule has 1 aromatic rings. The van der Waals surface area contributed by atoms with E-state index >= 15 is 0 Å². The van der Waals surface area contributed by atoms with Crippen molar-refractivity contribution >= 4 is 30.7 Å². The molecule has 1 atom stereocenters. The summed E-state index contributed by atoms with van der Waals surface area (Å²) in [5.74, 6) is -0.0998. The third-order valence-corrected chi connectivity index (χ3v) is 3.99. The second-order valence-corrected chi connectivity index (χ2v) is 7.39. The van der Waals surface area contributed by atoms with Gasteiger partial charge in [0.25, 0.3) is 0 Å². The van der Waals surface area contributed by atoms with Crippen LogP contribution in [0.25, 0.3) is 0 Å². The van der Waals surface area contributed by atoms with Crippen molar-refractivity contribution in [3.05, 3.63) is 35.4 Å². The predicted octanol–water partition coefficient (Wildman–Crippen LogP) is 3.36. The molecule has 6 heteroatoms. The van der Waals surface area contributed by atoms with Crippen LogP contribution in [0.1, 0.15) is 45.7 Å². The first-order chi connectivity index (χ1) is 10.1. The fourth-order valence-corrected chi connectivity index (χ4v) is 2.00. The Hall–Kier alpha value is -0.810. The molecule has 3 N–H and O–H groups in total. The second kappa shape index (κ2) is 10.9. The van der Waals surface area contributed by atoms with Crippen molar-refractivity contribution in [1.29, 1.82) is 0 Å². The largest absolute Gasteiger partial charge is 0.351 e. The van der Waals surface area contributed by atoms with E-state index in [0.29, 0.717) is 12.6 Å². The summed E-state index contributed by atoms with van der Waals surface area (Å²) in [7, 11) is 2.11. The fourth-order valence-electron chi connectivity index (χ4n) is 2.00. The average molecular weight is 378 g/mol. The maximum absolute atomic E-state index is 12.1. The maximum Gasteiger partial charge on any atom is 0.237 e. The second-order valence-electron chi connectivity index (χ2n) is 7.39. The van der Waals surface area contributed by atoms with Crippen LogP contribution in [-0.4, -0.2) is 29.9 Å². The monoisotopic (exact) mass is 377 g/mol. The van der Waals surface area contributed by atoms with Gasteiger partial charge in [0.15, 0.2) is 0 Å². The van der Waals surface area contributed by atoms with Crippen molar-refractivity contribution in [2.45, 2.75) is 59.8 Å². The van der Waals surface area contributed by atoms with E-state index in [1.165, 1.54) is 5.56 Å². The smallest absolute Gasteiger partial charge is 0.237 e. The van der Waals surface area contributed by atoms with Gasteiger partial charge in [-0.15, -0.1) is 24.8 Å². The van der Waals surface area contributed by atoms with Gasteiger partial charge in [-0.2, -0.15) is 0 Å². The zero-order valence-corrected chi connectivity index (χ0v) is 17.3. The molecule has 0 aromatic heterocycles. The molecule has 0 spiro atoms. The van der Waals surface area contributed by atoms with Gasteiger partial charge < -0.3 is 11.1 Å². The zero-order chi connectivity index (χ0) is 16.9. The van der Waals surface area contributed by atoms with Crippen LogP contribution in [0.4, 0.5) is 0 Å². The molecule has 1 aromatic carbocycles. The first-order valence-corrected chi connectivity index (χ1v) is 7.92.